The van der Waals surface area contributed by atoms with E-state index in [2.05, 4.69) is 16.2 Å². The fraction of sp³-hybridized carbons (Fsp3) is 0.273. The van der Waals surface area contributed by atoms with Crippen molar-refractivity contribution in [3.8, 4) is 5.75 Å². The first kappa shape index (κ1) is 15.6. The van der Waals surface area contributed by atoms with Crippen molar-refractivity contribution in [3.05, 3.63) is 34.4 Å². The molecule has 0 atom stereocenters. The van der Waals surface area contributed by atoms with Gasteiger partial charge in [0.2, 0.25) is 0 Å². The summed E-state index contributed by atoms with van der Waals surface area (Å²) in [5, 5.41) is 13.5. The first-order chi connectivity index (χ1) is 9.52. The summed E-state index contributed by atoms with van der Waals surface area (Å²) in [6, 6.07) is 5.43. The summed E-state index contributed by atoms with van der Waals surface area (Å²) in [5.41, 5.74) is 4.79. The molecule has 1 aromatic rings. The molecule has 0 fully saturated rings. The largest absolute Gasteiger partial charge is 0.484 e. The van der Waals surface area contributed by atoms with Crippen LogP contribution in [0, 0.1) is 10.1 Å². The number of benzene rings is 1. The lowest BCUT2D eigenvalue weighted by Gasteiger charge is -2.10. The van der Waals surface area contributed by atoms with Crippen molar-refractivity contribution >= 4 is 28.9 Å². The molecule has 0 unspecified atom stereocenters. The number of carbonyl (C=O) groups is 1. The highest BCUT2D eigenvalue weighted by Crippen LogP contribution is 2.16. The fourth-order valence-corrected chi connectivity index (χ4v) is 1.38. The molecule has 0 spiro atoms. The monoisotopic (exact) mass is 298 g/mol. The van der Waals surface area contributed by atoms with E-state index >= 15 is 0 Å². The number of non-ortho nitro benzene ring substituents is 1. The van der Waals surface area contributed by atoms with Gasteiger partial charge in [-0.1, -0.05) is 0 Å². The van der Waals surface area contributed by atoms with Crippen molar-refractivity contribution in [2.75, 3.05) is 13.2 Å². The first-order valence-electron chi connectivity index (χ1n) is 5.73. The second kappa shape index (κ2) is 7.89. The molecule has 0 bridgehead atoms. The normalized spacial score (nSPS) is 9.45. The van der Waals surface area contributed by atoms with E-state index in [4.69, 9.17) is 17.0 Å². The molecular weight excluding hydrogens is 284 g/mol. The summed E-state index contributed by atoms with van der Waals surface area (Å²) >= 11 is 4.85. The maximum Gasteiger partial charge on any atom is 0.276 e. The number of nitro groups is 1. The van der Waals surface area contributed by atoms with Crippen LogP contribution in [-0.4, -0.2) is 29.1 Å². The smallest absolute Gasteiger partial charge is 0.276 e. The SMILES string of the molecule is CCNC(=S)NNC(=O)COc1ccc([N+](=O)[O-])cc1. The summed E-state index contributed by atoms with van der Waals surface area (Å²) in [7, 11) is 0. The van der Waals surface area contributed by atoms with Crippen LogP contribution in [-0.2, 0) is 4.79 Å². The zero-order chi connectivity index (χ0) is 15.0. The van der Waals surface area contributed by atoms with E-state index in [1.165, 1.54) is 24.3 Å². The van der Waals surface area contributed by atoms with Gasteiger partial charge in [-0.3, -0.25) is 25.8 Å². The molecule has 0 radical (unpaired) electrons. The number of nitro benzene ring substituents is 1. The van der Waals surface area contributed by atoms with E-state index in [0.29, 0.717) is 17.4 Å². The van der Waals surface area contributed by atoms with Gasteiger partial charge in [0, 0.05) is 18.7 Å². The van der Waals surface area contributed by atoms with E-state index in [0.717, 1.165) is 0 Å². The van der Waals surface area contributed by atoms with E-state index in [9.17, 15) is 14.9 Å². The molecule has 0 aliphatic rings. The second-order valence-electron chi connectivity index (χ2n) is 3.57. The maximum atomic E-state index is 11.4. The van der Waals surface area contributed by atoms with Crippen molar-refractivity contribution in [2.45, 2.75) is 6.92 Å². The number of thiocarbonyl (C=S) groups is 1. The van der Waals surface area contributed by atoms with Gasteiger partial charge in [0.25, 0.3) is 11.6 Å². The van der Waals surface area contributed by atoms with Crippen LogP contribution in [0.2, 0.25) is 0 Å². The summed E-state index contributed by atoms with van der Waals surface area (Å²) in [6.45, 7) is 2.27. The molecule has 8 nitrogen and oxygen atoms in total. The van der Waals surface area contributed by atoms with Gasteiger partial charge in [0.05, 0.1) is 4.92 Å². The van der Waals surface area contributed by atoms with E-state index < -0.39 is 10.8 Å². The zero-order valence-electron chi connectivity index (χ0n) is 10.7. The first-order valence-corrected chi connectivity index (χ1v) is 6.13. The predicted octanol–water partition coefficient (Wildman–Crippen LogP) is 0.489. The summed E-state index contributed by atoms with van der Waals surface area (Å²) in [4.78, 5) is 21.3. The van der Waals surface area contributed by atoms with Gasteiger partial charge in [-0.2, -0.15) is 0 Å². The Balaban J connectivity index is 2.33. The Hall–Kier alpha value is -2.42. The lowest BCUT2D eigenvalue weighted by atomic mass is 10.3. The third kappa shape index (κ3) is 5.48. The highest BCUT2D eigenvalue weighted by Gasteiger charge is 2.06. The fourth-order valence-electron chi connectivity index (χ4n) is 1.18. The van der Waals surface area contributed by atoms with Crippen molar-refractivity contribution in [1.29, 1.82) is 0 Å². The molecule has 9 heteroatoms. The zero-order valence-corrected chi connectivity index (χ0v) is 11.5. The number of hydrogen-bond donors (Lipinski definition) is 3. The van der Waals surface area contributed by atoms with Gasteiger partial charge < -0.3 is 10.1 Å². The van der Waals surface area contributed by atoms with Gasteiger partial charge in [0.1, 0.15) is 5.75 Å². The molecule has 0 heterocycles. The predicted molar refractivity (Wildman–Crippen MR) is 76.1 cm³/mol. The molecule has 1 amide bonds. The van der Waals surface area contributed by atoms with Crippen LogP contribution in [0.25, 0.3) is 0 Å². The third-order valence-electron chi connectivity index (χ3n) is 2.07. The molecule has 0 saturated carbocycles. The molecule has 108 valence electrons. The molecule has 0 aliphatic carbocycles. The number of amides is 1. The summed E-state index contributed by atoms with van der Waals surface area (Å²) < 4.78 is 5.16. The van der Waals surface area contributed by atoms with Gasteiger partial charge in [-0.15, -0.1) is 0 Å². The molecule has 0 aliphatic heterocycles. The number of nitrogens with zero attached hydrogens (tertiary/aromatic N) is 1. The van der Waals surface area contributed by atoms with Crippen LogP contribution in [0.15, 0.2) is 24.3 Å². The molecule has 1 aromatic carbocycles. The van der Waals surface area contributed by atoms with Crippen molar-refractivity contribution in [1.82, 2.24) is 16.2 Å². The Kier molecular flexibility index (Phi) is 6.17. The second-order valence-corrected chi connectivity index (χ2v) is 3.98. The Morgan fingerprint density at radius 2 is 2.00 bits per heavy atom. The number of carbonyl (C=O) groups excluding carboxylic acids is 1. The quantitative estimate of drug-likeness (QED) is 0.412. The number of nitrogens with one attached hydrogen (secondary N) is 3. The van der Waals surface area contributed by atoms with E-state index in [-0.39, 0.29) is 12.3 Å². The van der Waals surface area contributed by atoms with E-state index in [1.807, 2.05) is 6.92 Å². The summed E-state index contributed by atoms with van der Waals surface area (Å²) in [6.07, 6.45) is 0. The highest BCUT2D eigenvalue weighted by atomic mass is 32.1. The minimum atomic E-state index is -0.512. The molecule has 0 saturated heterocycles. The minimum absolute atomic E-state index is 0.0422. The lowest BCUT2D eigenvalue weighted by molar-refractivity contribution is -0.384. The standard InChI is InChI=1S/C11H14N4O4S/c1-2-12-11(20)14-13-10(16)7-19-9-5-3-8(4-6-9)15(17)18/h3-6H,2,7H2,1H3,(H,13,16)(H2,12,14,20). The number of rotatable bonds is 5. The van der Waals surface area contributed by atoms with Crippen LogP contribution in [0.1, 0.15) is 6.92 Å². The Morgan fingerprint density at radius 1 is 1.35 bits per heavy atom. The Bertz CT molecular complexity index is 492. The number of hydrazine groups is 1. The molecule has 1 rings (SSSR count). The van der Waals surface area contributed by atoms with Crippen LogP contribution < -0.4 is 20.9 Å². The molecule has 20 heavy (non-hydrogen) atoms. The summed E-state index contributed by atoms with van der Waals surface area (Å²) in [5.74, 6) is -0.0661. The van der Waals surface area contributed by atoms with Gasteiger partial charge in [-0.25, -0.2) is 0 Å². The van der Waals surface area contributed by atoms with Crippen LogP contribution >= 0.6 is 12.2 Å². The molecule has 0 aromatic heterocycles. The minimum Gasteiger partial charge on any atom is -0.484 e. The Labute approximate surface area is 120 Å². The van der Waals surface area contributed by atoms with Crippen LogP contribution in [0.3, 0.4) is 0 Å². The van der Waals surface area contributed by atoms with Gasteiger partial charge in [-0.05, 0) is 31.3 Å². The number of ether oxygens (including phenoxy) is 1. The van der Waals surface area contributed by atoms with E-state index in [1.54, 1.807) is 0 Å². The van der Waals surface area contributed by atoms with Crippen molar-refractivity contribution in [2.24, 2.45) is 0 Å². The van der Waals surface area contributed by atoms with Crippen molar-refractivity contribution in [3.63, 3.8) is 0 Å². The van der Waals surface area contributed by atoms with Crippen molar-refractivity contribution < 1.29 is 14.5 Å². The molecular formula is C11H14N4O4S. The lowest BCUT2D eigenvalue weighted by Crippen LogP contribution is -2.48. The Morgan fingerprint density at radius 3 is 2.55 bits per heavy atom. The average Bonchev–Trinajstić information content (AvgIpc) is 2.43. The van der Waals surface area contributed by atoms with Gasteiger partial charge >= 0.3 is 0 Å². The van der Waals surface area contributed by atoms with Gasteiger partial charge in [0.15, 0.2) is 11.7 Å². The third-order valence-corrected chi connectivity index (χ3v) is 2.32. The number of hydrogen-bond acceptors (Lipinski definition) is 5. The maximum absolute atomic E-state index is 11.4. The molecule has 3 N–H and O–H groups in total. The van der Waals surface area contributed by atoms with Crippen LogP contribution in [0.5, 0.6) is 5.75 Å². The topological polar surface area (TPSA) is 106 Å². The average molecular weight is 298 g/mol. The highest BCUT2D eigenvalue weighted by molar-refractivity contribution is 7.80. The van der Waals surface area contributed by atoms with Crippen LogP contribution in [0.4, 0.5) is 5.69 Å².